The van der Waals surface area contributed by atoms with Gasteiger partial charge in [-0.25, -0.2) is 0 Å². The summed E-state index contributed by atoms with van der Waals surface area (Å²) in [5.41, 5.74) is 2.78. The quantitative estimate of drug-likeness (QED) is 0.590. The Kier molecular flexibility index (Phi) is 6.97. The smallest absolute Gasteiger partial charge is 0.223 e. The first-order valence-electron chi connectivity index (χ1n) is 9.42. The Hall–Kier alpha value is -2.04. The summed E-state index contributed by atoms with van der Waals surface area (Å²) in [4.78, 5) is 20.3. The number of amides is 1. The van der Waals surface area contributed by atoms with Gasteiger partial charge in [0.2, 0.25) is 5.91 Å². The van der Waals surface area contributed by atoms with Gasteiger partial charge in [0.15, 0.2) is 6.10 Å². The molecule has 3 rings (SSSR count). The molecule has 0 bridgehead atoms. The second kappa shape index (κ2) is 9.44. The molecular formula is C22H24Cl2N2O2. The summed E-state index contributed by atoms with van der Waals surface area (Å²) in [6.45, 7) is 5.01. The lowest BCUT2D eigenvalue weighted by Gasteiger charge is -2.26. The Morgan fingerprint density at radius 3 is 2.57 bits per heavy atom. The van der Waals surface area contributed by atoms with E-state index in [2.05, 4.69) is 5.16 Å². The van der Waals surface area contributed by atoms with E-state index in [9.17, 15) is 4.79 Å². The van der Waals surface area contributed by atoms with Crippen LogP contribution in [-0.4, -0.2) is 29.2 Å². The summed E-state index contributed by atoms with van der Waals surface area (Å²) in [6.07, 6.45) is 0.960. The molecule has 28 heavy (non-hydrogen) atoms. The van der Waals surface area contributed by atoms with E-state index in [-0.39, 0.29) is 17.9 Å². The molecule has 0 spiro atoms. The van der Waals surface area contributed by atoms with Gasteiger partial charge < -0.3 is 9.74 Å². The first-order valence-corrected chi connectivity index (χ1v) is 10.2. The Balaban J connectivity index is 1.68. The molecule has 0 radical (unpaired) electrons. The van der Waals surface area contributed by atoms with Crippen LogP contribution in [0.4, 0.5) is 0 Å². The van der Waals surface area contributed by atoms with Gasteiger partial charge in [-0.05, 0) is 35.2 Å². The van der Waals surface area contributed by atoms with Gasteiger partial charge in [0, 0.05) is 29.4 Å². The molecule has 6 heteroatoms. The summed E-state index contributed by atoms with van der Waals surface area (Å²) in [5, 5.41) is 5.57. The minimum absolute atomic E-state index is 0.0958. The normalized spacial score (nSPS) is 16.0. The zero-order chi connectivity index (χ0) is 20.1. The molecule has 2 aromatic rings. The van der Waals surface area contributed by atoms with Crippen molar-refractivity contribution in [2.45, 2.75) is 39.3 Å². The summed E-state index contributed by atoms with van der Waals surface area (Å²) < 4.78 is 0. The first kappa shape index (κ1) is 20.7. The van der Waals surface area contributed by atoms with Gasteiger partial charge >= 0.3 is 0 Å². The number of hydrogen-bond donors (Lipinski definition) is 0. The fourth-order valence-corrected chi connectivity index (χ4v) is 3.47. The highest BCUT2D eigenvalue weighted by atomic mass is 35.5. The molecule has 0 N–H and O–H groups in total. The fraction of sp³-hybridized carbons (Fsp3) is 0.364. The van der Waals surface area contributed by atoms with Crippen molar-refractivity contribution in [2.75, 3.05) is 6.54 Å². The highest BCUT2D eigenvalue weighted by Crippen LogP contribution is 2.22. The van der Waals surface area contributed by atoms with Crippen LogP contribution in [0.25, 0.3) is 0 Å². The van der Waals surface area contributed by atoms with Crippen molar-refractivity contribution >= 4 is 34.8 Å². The highest BCUT2D eigenvalue weighted by Gasteiger charge is 2.27. The molecule has 0 aliphatic carbocycles. The van der Waals surface area contributed by atoms with Crippen molar-refractivity contribution in [2.24, 2.45) is 11.1 Å². The second-order valence-corrected chi connectivity index (χ2v) is 8.28. The fourth-order valence-electron chi connectivity index (χ4n) is 3.15. The van der Waals surface area contributed by atoms with Crippen molar-refractivity contribution in [3.8, 4) is 0 Å². The predicted octanol–water partition coefficient (Wildman–Crippen LogP) is 5.56. The average Bonchev–Trinajstić information content (AvgIpc) is 3.11. The average molecular weight is 419 g/mol. The standard InChI is InChI=1S/C22H24Cl2N2O2/c1-15(2)11-22(27)26(13-17-5-3-4-6-20(17)24)14-19-12-21(25-28-19)16-7-9-18(23)10-8-16/h3-10,15,19H,11-14H2,1-2H3. The van der Waals surface area contributed by atoms with Gasteiger partial charge in [-0.15, -0.1) is 0 Å². The van der Waals surface area contributed by atoms with E-state index in [4.69, 9.17) is 28.0 Å². The minimum atomic E-state index is -0.177. The Morgan fingerprint density at radius 2 is 1.89 bits per heavy atom. The van der Waals surface area contributed by atoms with Gasteiger partial charge in [0.1, 0.15) is 0 Å². The number of halogens is 2. The van der Waals surface area contributed by atoms with Crippen molar-refractivity contribution in [1.29, 1.82) is 0 Å². The number of benzene rings is 2. The van der Waals surface area contributed by atoms with E-state index in [0.29, 0.717) is 36.0 Å². The lowest BCUT2D eigenvalue weighted by atomic mass is 10.0. The van der Waals surface area contributed by atoms with E-state index in [1.165, 1.54) is 0 Å². The maximum absolute atomic E-state index is 12.8. The third kappa shape index (κ3) is 5.49. The third-order valence-corrected chi connectivity index (χ3v) is 5.21. The summed E-state index contributed by atoms with van der Waals surface area (Å²) in [5.74, 6) is 0.380. The Morgan fingerprint density at radius 1 is 1.18 bits per heavy atom. The Bertz CT molecular complexity index is 850. The number of nitrogens with zero attached hydrogens (tertiary/aromatic N) is 2. The largest absolute Gasteiger partial charge is 0.390 e. The maximum atomic E-state index is 12.8. The van der Waals surface area contributed by atoms with E-state index in [0.717, 1.165) is 16.8 Å². The molecule has 148 valence electrons. The van der Waals surface area contributed by atoms with Crippen LogP contribution in [-0.2, 0) is 16.2 Å². The molecule has 1 atom stereocenters. The van der Waals surface area contributed by atoms with E-state index in [1.807, 2.05) is 67.3 Å². The molecule has 0 saturated heterocycles. The van der Waals surface area contributed by atoms with Crippen LogP contribution in [0.3, 0.4) is 0 Å². The van der Waals surface area contributed by atoms with Gasteiger partial charge in [-0.3, -0.25) is 4.79 Å². The number of oxime groups is 1. The zero-order valence-corrected chi connectivity index (χ0v) is 17.6. The highest BCUT2D eigenvalue weighted by molar-refractivity contribution is 6.31. The SMILES string of the molecule is CC(C)CC(=O)N(Cc1ccccc1Cl)CC1CC(c2ccc(Cl)cc2)=NO1. The molecule has 0 aromatic heterocycles. The van der Waals surface area contributed by atoms with Crippen LogP contribution in [0, 0.1) is 5.92 Å². The molecular weight excluding hydrogens is 395 g/mol. The summed E-state index contributed by atoms with van der Waals surface area (Å²) in [6, 6.07) is 15.1. The van der Waals surface area contributed by atoms with Crippen LogP contribution < -0.4 is 0 Å². The van der Waals surface area contributed by atoms with Gasteiger partial charge in [-0.1, -0.05) is 72.5 Å². The topological polar surface area (TPSA) is 41.9 Å². The van der Waals surface area contributed by atoms with Gasteiger partial charge in [0.05, 0.1) is 12.3 Å². The molecule has 2 aromatic carbocycles. The minimum Gasteiger partial charge on any atom is -0.390 e. The van der Waals surface area contributed by atoms with Crippen molar-refractivity contribution in [3.63, 3.8) is 0 Å². The first-order chi connectivity index (χ1) is 13.4. The van der Waals surface area contributed by atoms with Gasteiger partial charge in [-0.2, -0.15) is 0 Å². The van der Waals surface area contributed by atoms with Crippen LogP contribution in [0.1, 0.15) is 37.8 Å². The maximum Gasteiger partial charge on any atom is 0.223 e. The lowest BCUT2D eigenvalue weighted by Crippen LogP contribution is -2.37. The third-order valence-electron chi connectivity index (χ3n) is 4.59. The predicted molar refractivity (Wildman–Crippen MR) is 114 cm³/mol. The lowest BCUT2D eigenvalue weighted by molar-refractivity contribution is -0.134. The molecule has 4 nitrogen and oxygen atoms in total. The molecule has 1 amide bonds. The van der Waals surface area contributed by atoms with E-state index >= 15 is 0 Å². The van der Waals surface area contributed by atoms with Crippen molar-refractivity contribution < 1.29 is 9.63 Å². The molecule has 0 fully saturated rings. The van der Waals surface area contributed by atoms with Crippen LogP contribution in [0.5, 0.6) is 0 Å². The molecule has 1 aliphatic rings. The summed E-state index contributed by atoms with van der Waals surface area (Å²) in [7, 11) is 0. The molecule has 1 unspecified atom stereocenters. The van der Waals surface area contributed by atoms with E-state index in [1.54, 1.807) is 0 Å². The monoisotopic (exact) mass is 418 g/mol. The van der Waals surface area contributed by atoms with E-state index < -0.39 is 0 Å². The van der Waals surface area contributed by atoms with Crippen LogP contribution in [0.15, 0.2) is 53.7 Å². The molecule has 0 saturated carbocycles. The van der Waals surface area contributed by atoms with Crippen molar-refractivity contribution in [1.82, 2.24) is 4.90 Å². The van der Waals surface area contributed by atoms with Gasteiger partial charge in [0.25, 0.3) is 0 Å². The van der Waals surface area contributed by atoms with Crippen molar-refractivity contribution in [3.05, 3.63) is 69.7 Å². The second-order valence-electron chi connectivity index (χ2n) is 7.44. The molecule has 1 heterocycles. The summed E-state index contributed by atoms with van der Waals surface area (Å²) >= 11 is 12.3. The number of carbonyl (C=O) groups is 1. The zero-order valence-electron chi connectivity index (χ0n) is 16.1. The number of rotatable bonds is 7. The Labute approximate surface area is 176 Å². The number of hydrogen-bond acceptors (Lipinski definition) is 3. The van der Waals surface area contributed by atoms with Crippen LogP contribution >= 0.6 is 23.2 Å². The van der Waals surface area contributed by atoms with Crippen LogP contribution in [0.2, 0.25) is 10.0 Å². The number of carbonyl (C=O) groups excluding carboxylic acids is 1. The molecule has 1 aliphatic heterocycles.